The zero-order chi connectivity index (χ0) is 35.6. The molecule has 5 aromatic rings. The number of nitrogens with one attached hydrogen (secondary N) is 4. The van der Waals surface area contributed by atoms with Crippen LogP contribution in [0.3, 0.4) is 0 Å². The molecule has 272 valence electrons. The van der Waals surface area contributed by atoms with Gasteiger partial charge in [0.25, 0.3) is 0 Å². The van der Waals surface area contributed by atoms with Gasteiger partial charge in [-0.1, -0.05) is 72.7 Å². The summed E-state index contributed by atoms with van der Waals surface area (Å²) in [7, 11) is 0. The number of rotatable bonds is 11. The number of aliphatic hydroxyl groups excluding tert-OH is 2. The zero-order valence-electron chi connectivity index (χ0n) is 28.9. The number of carbonyl (C=O) groups is 1. The van der Waals surface area contributed by atoms with Crippen LogP contribution in [0.4, 0.5) is 16.6 Å². The highest BCUT2D eigenvalue weighted by Crippen LogP contribution is 2.41. The van der Waals surface area contributed by atoms with E-state index in [1.807, 2.05) is 48.2 Å². The fourth-order valence-corrected chi connectivity index (χ4v) is 7.36. The van der Waals surface area contributed by atoms with E-state index in [0.29, 0.717) is 54.7 Å². The van der Waals surface area contributed by atoms with Crippen LogP contribution >= 0.6 is 0 Å². The number of benzene rings is 2. The van der Waals surface area contributed by atoms with Crippen molar-refractivity contribution in [2.75, 3.05) is 42.9 Å². The van der Waals surface area contributed by atoms with Crippen molar-refractivity contribution in [1.29, 1.82) is 0 Å². The summed E-state index contributed by atoms with van der Waals surface area (Å²) in [6.07, 6.45) is -0.680. The zero-order valence-corrected chi connectivity index (χ0v) is 28.9. The number of urea groups is 1. The number of carbonyl (C=O) groups excluding carboxylic acids is 1. The maximum absolute atomic E-state index is 12.8. The highest BCUT2D eigenvalue weighted by Gasteiger charge is 2.47. The third-order valence-electron chi connectivity index (χ3n) is 10.2. The molecular formula is C37H44N10O5. The van der Waals surface area contributed by atoms with E-state index in [4.69, 9.17) is 24.2 Å². The van der Waals surface area contributed by atoms with Crippen LogP contribution in [0.25, 0.3) is 11.2 Å². The maximum Gasteiger partial charge on any atom is 0.315 e. The van der Waals surface area contributed by atoms with Crippen molar-refractivity contribution in [3.8, 4) is 0 Å². The Hall–Kier alpha value is -5.09. The van der Waals surface area contributed by atoms with Crippen molar-refractivity contribution in [3.63, 3.8) is 0 Å². The molecule has 0 aliphatic carbocycles. The number of aryl methyl sites for hydroxylation is 1. The van der Waals surface area contributed by atoms with Crippen molar-refractivity contribution in [1.82, 2.24) is 40.6 Å². The van der Waals surface area contributed by atoms with E-state index in [-0.39, 0.29) is 24.0 Å². The summed E-state index contributed by atoms with van der Waals surface area (Å²) < 4.78 is 13.4. The van der Waals surface area contributed by atoms with E-state index in [9.17, 15) is 15.0 Å². The fraction of sp³-hybridized carbons (Fsp3) is 0.432. The number of aromatic nitrogens is 5. The SMILES string of the molecule is CCc1cc([C@H]2O[C@@H](n3cnc4c(NCC(c5ccccc5)c5ccccc5)nc(N5CC[C@@H](NC(=O)N[C@@H]6CCNC6)C5)nc43)[C@H](O)[C@@H]2O)on1. The van der Waals surface area contributed by atoms with Crippen LogP contribution in [-0.4, -0.2) is 97.9 Å². The first-order valence-corrected chi connectivity index (χ1v) is 18.0. The lowest BCUT2D eigenvalue weighted by molar-refractivity contribution is -0.0434. The van der Waals surface area contributed by atoms with Gasteiger partial charge in [-0.3, -0.25) is 4.57 Å². The van der Waals surface area contributed by atoms with Gasteiger partial charge in [-0.25, -0.2) is 9.78 Å². The normalized spacial score (nSPS) is 24.6. The minimum atomic E-state index is -1.30. The Morgan fingerprint density at radius 3 is 2.44 bits per heavy atom. The molecule has 3 fully saturated rings. The molecule has 6 atom stereocenters. The second kappa shape index (κ2) is 14.9. The van der Waals surface area contributed by atoms with Gasteiger partial charge in [-0.2, -0.15) is 9.97 Å². The summed E-state index contributed by atoms with van der Waals surface area (Å²) in [5.74, 6) is 1.32. The maximum atomic E-state index is 12.8. The molecule has 3 aromatic heterocycles. The predicted molar refractivity (Wildman–Crippen MR) is 193 cm³/mol. The van der Waals surface area contributed by atoms with E-state index in [2.05, 4.69) is 50.7 Å². The molecule has 52 heavy (non-hydrogen) atoms. The first-order chi connectivity index (χ1) is 25.4. The van der Waals surface area contributed by atoms with Gasteiger partial charge in [0, 0.05) is 50.2 Å². The van der Waals surface area contributed by atoms with Crippen LogP contribution in [0.2, 0.25) is 0 Å². The molecule has 15 heteroatoms. The highest BCUT2D eigenvalue weighted by molar-refractivity contribution is 5.84. The van der Waals surface area contributed by atoms with Crippen molar-refractivity contribution in [3.05, 3.63) is 95.6 Å². The molecule has 0 spiro atoms. The molecule has 8 rings (SSSR count). The Bertz CT molecular complexity index is 1930. The van der Waals surface area contributed by atoms with Crippen LogP contribution in [0.5, 0.6) is 0 Å². The van der Waals surface area contributed by atoms with Crippen molar-refractivity contribution in [2.45, 2.75) is 68.7 Å². The number of imidazole rings is 1. The molecular weight excluding hydrogens is 664 g/mol. The molecule has 15 nitrogen and oxygen atoms in total. The molecule has 2 amide bonds. The van der Waals surface area contributed by atoms with E-state index in [1.54, 1.807) is 17.0 Å². The summed E-state index contributed by atoms with van der Waals surface area (Å²) in [5.41, 5.74) is 3.94. The topological polar surface area (TPSA) is 188 Å². The molecule has 3 aliphatic rings. The number of hydrogen-bond donors (Lipinski definition) is 6. The van der Waals surface area contributed by atoms with Gasteiger partial charge in [0.1, 0.15) is 18.3 Å². The molecule has 6 heterocycles. The van der Waals surface area contributed by atoms with Crippen LogP contribution in [-0.2, 0) is 11.2 Å². The van der Waals surface area contributed by atoms with Gasteiger partial charge in [-0.05, 0) is 36.9 Å². The van der Waals surface area contributed by atoms with Crippen LogP contribution in [0.15, 0.2) is 77.6 Å². The summed E-state index contributed by atoms with van der Waals surface area (Å²) >= 11 is 0. The Morgan fingerprint density at radius 2 is 1.75 bits per heavy atom. The molecule has 0 bridgehead atoms. The lowest BCUT2D eigenvalue weighted by atomic mass is 9.91. The van der Waals surface area contributed by atoms with E-state index < -0.39 is 24.5 Å². The van der Waals surface area contributed by atoms with E-state index in [1.165, 1.54) is 0 Å². The van der Waals surface area contributed by atoms with E-state index in [0.717, 1.165) is 42.8 Å². The second-order valence-electron chi connectivity index (χ2n) is 13.7. The minimum Gasteiger partial charge on any atom is -0.387 e. The Labute approximate surface area is 300 Å². The average molecular weight is 709 g/mol. The van der Waals surface area contributed by atoms with Crippen LogP contribution < -0.4 is 26.2 Å². The molecule has 0 unspecified atom stereocenters. The van der Waals surface area contributed by atoms with Crippen LogP contribution in [0.1, 0.15) is 60.6 Å². The Balaban J connectivity index is 1.10. The minimum absolute atomic E-state index is 0.0118. The Morgan fingerprint density at radius 1 is 1.00 bits per heavy atom. The number of anilines is 2. The lowest BCUT2D eigenvalue weighted by Gasteiger charge is -2.22. The molecule has 6 N–H and O–H groups in total. The number of amides is 2. The van der Waals surface area contributed by atoms with Crippen LogP contribution in [0, 0.1) is 0 Å². The highest BCUT2D eigenvalue weighted by atomic mass is 16.6. The van der Waals surface area contributed by atoms with Gasteiger partial charge in [-0.15, -0.1) is 0 Å². The summed E-state index contributed by atoms with van der Waals surface area (Å²) in [6.45, 7) is 5.28. The number of aliphatic hydroxyl groups is 2. The number of fused-ring (bicyclic) bond motifs is 1. The van der Waals surface area contributed by atoms with Crippen molar-refractivity contribution >= 4 is 29.0 Å². The van der Waals surface area contributed by atoms with Crippen molar-refractivity contribution in [2.24, 2.45) is 0 Å². The van der Waals surface area contributed by atoms with Gasteiger partial charge in [0.05, 0.1) is 12.0 Å². The monoisotopic (exact) mass is 708 g/mol. The second-order valence-corrected chi connectivity index (χ2v) is 13.7. The third-order valence-corrected chi connectivity index (χ3v) is 10.2. The van der Waals surface area contributed by atoms with Gasteiger partial charge >= 0.3 is 6.03 Å². The van der Waals surface area contributed by atoms with Gasteiger partial charge < -0.3 is 45.6 Å². The number of hydrogen-bond acceptors (Lipinski definition) is 12. The summed E-state index contributed by atoms with van der Waals surface area (Å²) in [6, 6.07) is 22.2. The first-order valence-electron chi connectivity index (χ1n) is 18.0. The first kappa shape index (κ1) is 34.0. The van der Waals surface area contributed by atoms with E-state index >= 15 is 0 Å². The Kier molecular flexibility index (Phi) is 9.73. The van der Waals surface area contributed by atoms with Crippen molar-refractivity contribution < 1.29 is 24.3 Å². The smallest absolute Gasteiger partial charge is 0.315 e. The van der Waals surface area contributed by atoms with Gasteiger partial charge in [0.2, 0.25) is 5.95 Å². The molecule has 0 radical (unpaired) electrons. The quantitative estimate of drug-likeness (QED) is 0.118. The fourth-order valence-electron chi connectivity index (χ4n) is 7.36. The van der Waals surface area contributed by atoms with Gasteiger partial charge in [0.15, 0.2) is 29.0 Å². The average Bonchev–Trinajstić information content (AvgIpc) is 4.02. The number of ether oxygens (including phenoxy) is 1. The molecule has 2 aromatic carbocycles. The number of nitrogens with zero attached hydrogens (tertiary/aromatic N) is 6. The summed E-state index contributed by atoms with van der Waals surface area (Å²) in [4.78, 5) is 29.5. The third kappa shape index (κ3) is 6.91. The standard InChI is InChI=1S/C37H44N10O5/c1-2-24-17-28(52-45-24)32-30(48)31(49)35(51-32)47-21-40-29-33(39-19-27(22-9-5-3-6-10-22)23-11-7-4-8-12-23)43-36(44-34(29)47)46-16-14-26(20-46)42-37(50)41-25-13-15-38-18-25/h3-12,17,21,25-27,30-32,35,38,48-49H,2,13-16,18-20H2,1H3,(H,39,43,44)(H2,41,42,50)/t25-,26-,30+,31-,32-,35-/m1/s1. The predicted octanol–water partition coefficient (Wildman–Crippen LogP) is 2.85. The summed E-state index contributed by atoms with van der Waals surface area (Å²) in [5, 5.41) is 39.4. The largest absolute Gasteiger partial charge is 0.387 e. The molecule has 3 saturated heterocycles. The molecule has 0 saturated carbocycles. The molecule has 3 aliphatic heterocycles. The lowest BCUT2D eigenvalue weighted by Crippen LogP contribution is -2.47.